The normalized spacial score (nSPS) is 25.7. The van der Waals surface area contributed by atoms with E-state index in [1.165, 1.54) is 0 Å². The van der Waals surface area contributed by atoms with E-state index < -0.39 is 24.3 Å². The molecular weight excluding hydrogens is 204 g/mol. The summed E-state index contributed by atoms with van der Waals surface area (Å²) in [6, 6.07) is -1.20. The van der Waals surface area contributed by atoms with Crippen LogP contribution in [-0.4, -0.2) is 40.3 Å². The van der Waals surface area contributed by atoms with Crippen LogP contribution in [0, 0.1) is 0 Å². The zero-order chi connectivity index (χ0) is 11.4. The third kappa shape index (κ3) is 3.45. The van der Waals surface area contributed by atoms with Crippen LogP contribution in [0.2, 0.25) is 0 Å². The highest BCUT2D eigenvalue weighted by Crippen LogP contribution is 2.15. The van der Waals surface area contributed by atoms with Crippen LogP contribution in [0.3, 0.4) is 0 Å². The summed E-state index contributed by atoms with van der Waals surface area (Å²) in [7, 11) is 0. The Hall–Kier alpha value is -1.79. The van der Waals surface area contributed by atoms with Crippen molar-refractivity contribution in [1.82, 2.24) is 10.6 Å². The molecule has 0 radical (unpaired) electrons. The molecule has 4 N–H and O–H groups in total. The molecule has 1 aliphatic rings. The number of amides is 2. The minimum atomic E-state index is -1.26. The Bertz CT molecular complexity index is 289. The molecule has 0 aromatic carbocycles. The number of hydrogen-bond acceptors (Lipinski definition) is 3. The maximum absolute atomic E-state index is 11.1. The van der Waals surface area contributed by atoms with Gasteiger partial charge in [0.1, 0.15) is 5.78 Å². The van der Waals surface area contributed by atoms with Crippen molar-refractivity contribution in [2.45, 2.75) is 31.3 Å². The second-order valence-electron chi connectivity index (χ2n) is 3.39. The number of carboxylic acid groups (broad SMARTS) is 2. The lowest BCUT2D eigenvalue weighted by Gasteiger charge is -2.30. The molecule has 84 valence electrons. The Kier molecular flexibility index (Phi) is 3.48. The van der Waals surface area contributed by atoms with Gasteiger partial charge in [0, 0.05) is 12.8 Å². The minimum absolute atomic E-state index is 0.0389. The highest BCUT2D eigenvalue weighted by atomic mass is 16.4. The van der Waals surface area contributed by atoms with Crippen LogP contribution >= 0.6 is 0 Å². The van der Waals surface area contributed by atoms with Gasteiger partial charge < -0.3 is 20.8 Å². The van der Waals surface area contributed by atoms with E-state index in [1.807, 2.05) is 0 Å². The van der Waals surface area contributed by atoms with E-state index in [9.17, 15) is 14.4 Å². The van der Waals surface area contributed by atoms with Gasteiger partial charge in [-0.1, -0.05) is 0 Å². The van der Waals surface area contributed by atoms with Crippen LogP contribution in [-0.2, 0) is 4.79 Å². The standard InChI is InChI=1S/C8H12N2O5/c11-4-1-2-5(9-7(12)13)6(3-4)10-8(14)15/h5-6,9-10H,1-3H2,(H,12,13)(H,14,15)/t5-,6-/m0/s1. The van der Waals surface area contributed by atoms with Crippen LogP contribution < -0.4 is 10.6 Å². The summed E-state index contributed by atoms with van der Waals surface area (Å²) >= 11 is 0. The second-order valence-corrected chi connectivity index (χ2v) is 3.39. The van der Waals surface area contributed by atoms with Gasteiger partial charge in [0.25, 0.3) is 0 Å². The predicted octanol–water partition coefficient (Wildman–Crippen LogP) is 0.0118. The monoisotopic (exact) mass is 216 g/mol. The smallest absolute Gasteiger partial charge is 0.404 e. The molecule has 0 unspecified atom stereocenters. The van der Waals surface area contributed by atoms with E-state index >= 15 is 0 Å². The van der Waals surface area contributed by atoms with Crippen LogP contribution in [0.15, 0.2) is 0 Å². The van der Waals surface area contributed by atoms with Crippen LogP contribution in [0.1, 0.15) is 19.3 Å². The predicted molar refractivity (Wildman–Crippen MR) is 48.8 cm³/mol. The zero-order valence-corrected chi connectivity index (χ0v) is 7.90. The Morgan fingerprint density at radius 3 is 2.20 bits per heavy atom. The summed E-state index contributed by atoms with van der Waals surface area (Å²) in [4.78, 5) is 31.9. The molecule has 0 aromatic heterocycles. The number of nitrogens with one attached hydrogen (secondary N) is 2. The summed E-state index contributed by atoms with van der Waals surface area (Å²) in [5.41, 5.74) is 0. The van der Waals surface area contributed by atoms with Crippen LogP contribution in [0.5, 0.6) is 0 Å². The number of Topliss-reactive ketones (excluding diaryl/α,β-unsaturated/α-hetero) is 1. The molecule has 2 amide bonds. The fourth-order valence-electron chi connectivity index (χ4n) is 1.65. The summed E-state index contributed by atoms with van der Waals surface area (Å²) in [5.74, 6) is -0.0582. The van der Waals surface area contributed by atoms with Crippen molar-refractivity contribution >= 4 is 18.0 Å². The highest BCUT2D eigenvalue weighted by molar-refractivity contribution is 5.81. The van der Waals surface area contributed by atoms with Crippen molar-refractivity contribution in [1.29, 1.82) is 0 Å². The SMILES string of the molecule is O=C1CC[C@H](NC(=O)O)[C@@H](NC(=O)O)C1. The van der Waals surface area contributed by atoms with Gasteiger partial charge in [-0.25, -0.2) is 9.59 Å². The molecule has 15 heavy (non-hydrogen) atoms. The summed E-state index contributed by atoms with van der Waals surface area (Å²) in [6.07, 6.45) is -1.82. The Morgan fingerprint density at radius 1 is 1.13 bits per heavy atom. The lowest BCUT2D eigenvalue weighted by molar-refractivity contribution is -0.121. The average Bonchev–Trinajstić information content (AvgIpc) is 2.08. The maximum atomic E-state index is 11.1. The van der Waals surface area contributed by atoms with Crippen molar-refractivity contribution in [2.24, 2.45) is 0 Å². The first-order chi connectivity index (χ1) is 6.99. The van der Waals surface area contributed by atoms with Crippen molar-refractivity contribution in [2.75, 3.05) is 0 Å². The fraction of sp³-hybridized carbons (Fsp3) is 0.625. The molecular formula is C8H12N2O5. The van der Waals surface area contributed by atoms with E-state index in [2.05, 4.69) is 10.6 Å². The molecule has 1 aliphatic carbocycles. The molecule has 0 spiro atoms. The van der Waals surface area contributed by atoms with Gasteiger partial charge in [0.15, 0.2) is 0 Å². The Balaban J connectivity index is 2.61. The molecule has 0 aromatic rings. The molecule has 1 rings (SSSR count). The van der Waals surface area contributed by atoms with E-state index in [0.717, 1.165) is 0 Å². The van der Waals surface area contributed by atoms with E-state index in [0.29, 0.717) is 6.42 Å². The number of carbonyl (C=O) groups excluding carboxylic acids is 1. The minimum Gasteiger partial charge on any atom is -0.465 e. The Labute approximate surface area is 85.5 Å². The van der Waals surface area contributed by atoms with E-state index in [4.69, 9.17) is 10.2 Å². The fourth-order valence-corrected chi connectivity index (χ4v) is 1.65. The first-order valence-corrected chi connectivity index (χ1v) is 4.49. The van der Waals surface area contributed by atoms with Gasteiger partial charge >= 0.3 is 12.2 Å². The van der Waals surface area contributed by atoms with Gasteiger partial charge in [0.2, 0.25) is 0 Å². The van der Waals surface area contributed by atoms with Gasteiger partial charge in [0.05, 0.1) is 12.1 Å². The molecule has 0 aliphatic heterocycles. The molecule has 7 heteroatoms. The van der Waals surface area contributed by atoms with Crippen molar-refractivity contribution in [3.63, 3.8) is 0 Å². The number of rotatable bonds is 2. The van der Waals surface area contributed by atoms with Crippen molar-refractivity contribution in [3.8, 4) is 0 Å². The number of carbonyl (C=O) groups is 3. The van der Waals surface area contributed by atoms with Crippen LogP contribution in [0.25, 0.3) is 0 Å². The van der Waals surface area contributed by atoms with Gasteiger partial charge in [-0.05, 0) is 6.42 Å². The van der Waals surface area contributed by atoms with Crippen molar-refractivity contribution < 1.29 is 24.6 Å². The molecule has 0 heterocycles. The van der Waals surface area contributed by atoms with Crippen molar-refractivity contribution in [3.05, 3.63) is 0 Å². The summed E-state index contributed by atoms with van der Waals surface area (Å²) < 4.78 is 0. The topological polar surface area (TPSA) is 116 Å². The second kappa shape index (κ2) is 4.63. The zero-order valence-electron chi connectivity index (χ0n) is 7.90. The Morgan fingerprint density at radius 2 is 1.67 bits per heavy atom. The third-order valence-electron chi connectivity index (χ3n) is 2.29. The largest absolute Gasteiger partial charge is 0.465 e. The lowest BCUT2D eigenvalue weighted by atomic mass is 9.89. The van der Waals surface area contributed by atoms with Gasteiger partial charge in [-0.3, -0.25) is 4.79 Å². The first kappa shape index (κ1) is 11.3. The lowest BCUT2D eigenvalue weighted by Crippen LogP contribution is -2.54. The number of ketones is 1. The third-order valence-corrected chi connectivity index (χ3v) is 2.29. The quantitative estimate of drug-likeness (QED) is 0.519. The molecule has 1 fully saturated rings. The average molecular weight is 216 g/mol. The van der Waals surface area contributed by atoms with E-state index in [-0.39, 0.29) is 18.6 Å². The molecule has 0 bridgehead atoms. The maximum Gasteiger partial charge on any atom is 0.404 e. The van der Waals surface area contributed by atoms with E-state index in [1.54, 1.807) is 0 Å². The van der Waals surface area contributed by atoms with Gasteiger partial charge in [-0.2, -0.15) is 0 Å². The molecule has 1 saturated carbocycles. The number of hydrogen-bond donors (Lipinski definition) is 4. The molecule has 0 saturated heterocycles. The van der Waals surface area contributed by atoms with Crippen LogP contribution in [0.4, 0.5) is 9.59 Å². The van der Waals surface area contributed by atoms with Gasteiger partial charge in [-0.15, -0.1) is 0 Å². The summed E-state index contributed by atoms with van der Waals surface area (Å²) in [6.45, 7) is 0. The summed E-state index contributed by atoms with van der Waals surface area (Å²) in [5, 5.41) is 21.4. The highest BCUT2D eigenvalue weighted by Gasteiger charge is 2.31. The molecule has 7 nitrogen and oxygen atoms in total. The first-order valence-electron chi connectivity index (χ1n) is 4.49. The molecule has 2 atom stereocenters.